The van der Waals surface area contributed by atoms with Gasteiger partial charge in [0.2, 0.25) is 0 Å². The summed E-state index contributed by atoms with van der Waals surface area (Å²) in [5.74, 6) is 0.435. The standard InChI is InChI=1S/C14H19N5O/c1-2-19-10-12(8-16-19)14(20)18-7-3-4-11(9-18)13-5-6-15-17-13/h5-6,8,10-11H,2-4,7,9H2,1H3,(H,15,17)/t11-/m0/s1. The summed E-state index contributed by atoms with van der Waals surface area (Å²) >= 11 is 0. The number of nitrogens with zero attached hydrogens (tertiary/aromatic N) is 4. The zero-order valence-electron chi connectivity index (χ0n) is 11.6. The Morgan fingerprint density at radius 2 is 2.45 bits per heavy atom. The van der Waals surface area contributed by atoms with Crippen LogP contribution < -0.4 is 0 Å². The van der Waals surface area contributed by atoms with Crippen molar-refractivity contribution < 1.29 is 4.79 Å². The fourth-order valence-electron chi connectivity index (χ4n) is 2.74. The van der Waals surface area contributed by atoms with Crippen molar-refractivity contribution in [3.63, 3.8) is 0 Å². The van der Waals surface area contributed by atoms with E-state index in [0.717, 1.165) is 38.2 Å². The van der Waals surface area contributed by atoms with Crippen LogP contribution in [0.2, 0.25) is 0 Å². The number of hydrogen-bond acceptors (Lipinski definition) is 3. The van der Waals surface area contributed by atoms with Gasteiger partial charge in [-0.15, -0.1) is 0 Å². The summed E-state index contributed by atoms with van der Waals surface area (Å²) in [5.41, 5.74) is 1.80. The molecule has 2 aromatic heterocycles. The normalized spacial score (nSPS) is 19.2. The number of hydrogen-bond donors (Lipinski definition) is 1. The number of aryl methyl sites for hydroxylation is 1. The molecule has 0 aromatic carbocycles. The Bertz CT molecular complexity index is 574. The molecule has 6 nitrogen and oxygen atoms in total. The van der Waals surface area contributed by atoms with Crippen molar-refractivity contribution in [2.45, 2.75) is 32.2 Å². The van der Waals surface area contributed by atoms with Gasteiger partial charge in [0.15, 0.2) is 0 Å². The first-order valence-corrected chi connectivity index (χ1v) is 7.09. The van der Waals surface area contributed by atoms with E-state index in [0.29, 0.717) is 11.5 Å². The molecule has 1 fully saturated rings. The molecular formula is C14H19N5O. The molecular weight excluding hydrogens is 254 g/mol. The lowest BCUT2D eigenvalue weighted by molar-refractivity contribution is 0.0706. The van der Waals surface area contributed by atoms with E-state index < -0.39 is 0 Å². The highest BCUT2D eigenvalue weighted by atomic mass is 16.2. The second-order valence-corrected chi connectivity index (χ2v) is 5.19. The van der Waals surface area contributed by atoms with Crippen molar-refractivity contribution in [2.75, 3.05) is 13.1 Å². The Kier molecular flexibility index (Phi) is 3.54. The number of piperidine rings is 1. The summed E-state index contributed by atoms with van der Waals surface area (Å²) in [6.07, 6.45) is 7.37. The van der Waals surface area contributed by atoms with Crippen LogP contribution in [-0.4, -0.2) is 43.9 Å². The minimum atomic E-state index is 0.0777. The van der Waals surface area contributed by atoms with Gasteiger partial charge in [-0.1, -0.05) is 0 Å². The fraction of sp³-hybridized carbons (Fsp3) is 0.500. The van der Waals surface area contributed by atoms with Gasteiger partial charge in [0.1, 0.15) is 0 Å². The third-order valence-corrected chi connectivity index (χ3v) is 3.87. The molecule has 3 heterocycles. The Hall–Kier alpha value is -2.11. The summed E-state index contributed by atoms with van der Waals surface area (Å²) in [6, 6.07) is 1.99. The number of H-pyrrole nitrogens is 1. The molecule has 1 aliphatic rings. The van der Waals surface area contributed by atoms with Gasteiger partial charge in [-0.3, -0.25) is 14.6 Å². The molecule has 6 heteroatoms. The molecule has 106 valence electrons. The van der Waals surface area contributed by atoms with Gasteiger partial charge in [0.05, 0.1) is 11.8 Å². The molecule has 1 saturated heterocycles. The molecule has 1 atom stereocenters. The average Bonchev–Trinajstić information content (AvgIpc) is 3.17. The van der Waals surface area contributed by atoms with E-state index in [1.165, 1.54) is 0 Å². The van der Waals surface area contributed by atoms with Crippen molar-refractivity contribution in [1.29, 1.82) is 0 Å². The Morgan fingerprint density at radius 3 is 3.15 bits per heavy atom. The topological polar surface area (TPSA) is 66.8 Å². The second kappa shape index (κ2) is 5.48. The molecule has 0 spiro atoms. The third kappa shape index (κ3) is 2.45. The summed E-state index contributed by atoms with van der Waals surface area (Å²) in [4.78, 5) is 14.4. The van der Waals surface area contributed by atoms with Crippen LogP contribution in [0.5, 0.6) is 0 Å². The van der Waals surface area contributed by atoms with Crippen LogP contribution in [0.15, 0.2) is 24.7 Å². The first kappa shape index (κ1) is 12.9. The van der Waals surface area contributed by atoms with Crippen LogP contribution in [0.4, 0.5) is 0 Å². The first-order valence-electron chi connectivity index (χ1n) is 7.09. The van der Waals surface area contributed by atoms with Crippen LogP contribution in [-0.2, 0) is 6.54 Å². The number of aromatic nitrogens is 4. The Labute approximate surface area is 117 Å². The summed E-state index contributed by atoms with van der Waals surface area (Å²) in [5, 5.41) is 11.2. The number of likely N-dealkylation sites (tertiary alicyclic amines) is 1. The van der Waals surface area contributed by atoms with Crippen LogP contribution in [0.1, 0.15) is 41.7 Å². The monoisotopic (exact) mass is 273 g/mol. The number of amides is 1. The van der Waals surface area contributed by atoms with Crippen molar-refractivity contribution in [3.8, 4) is 0 Å². The quantitative estimate of drug-likeness (QED) is 0.924. The average molecular weight is 273 g/mol. The van der Waals surface area contributed by atoms with E-state index in [1.807, 2.05) is 24.1 Å². The first-order chi connectivity index (χ1) is 9.78. The zero-order chi connectivity index (χ0) is 13.9. The highest BCUT2D eigenvalue weighted by Crippen LogP contribution is 2.26. The lowest BCUT2D eigenvalue weighted by atomic mass is 9.94. The van der Waals surface area contributed by atoms with Crippen LogP contribution >= 0.6 is 0 Å². The predicted octanol–water partition coefficient (Wildman–Crippen LogP) is 1.65. The highest BCUT2D eigenvalue weighted by Gasteiger charge is 2.26. The molecule has 0 unspecified atom stereocenters. The number of nitrogens with one attached hydrogen (secondary N) is 1. The van der Waals surface area contributed by atoms with Gasteiger partial charge in [-0.25, -0.2) is 0 Å². The van der Waals surface area contributed by atoms with Crippen LogP contribution in [0, 0.1) is 0 Å². The SMILES string of the molecule is CCn1cc(C(=O)N2CCC[C@H](c3ccn[nH]3)C2)cn1. The van der Waals surface area contributed by atoms with Crippen LogP contribution in [0.3, 0.4) is 0 Å². The minimum absolute atomic E-state index is 0.0777. The molecule has 3 rings (SSSR count). The van der Waals surface area contributed by atoms with Gasteiger partial charge < -0.3 is 4.90 Å². The van der Waals surface area contributed by atoms with E-state index in [9.17, 15) is 4.79 Å². The van der Waals surface area contributed by atoms with Gasteiger partial charge in [-0.2, -0.15) is 10.2 Å². The van der Waals surface area contributed by atoms with E-state index in [1.54, 1.807) is 17.1 Å². The molecule has 0 radical (unpaired) electrons. The predicted molar refractivity (Wildman–Crippen MR) is 74.4 cm³/mol. The highest BCUT2D eigenvalue weighted by molar-refractivity contribution is 5.93. The Balaban J connectivity index is 1.71. The number of rotatable bonds is 3. The summed E-state index contributed by atoms with van der Waals surface area (Å²) < 4.78 is 1.78. The van der Waals surface area contributed by atoms with Crippen molar-refractivity contribution in [1.82, 2.24) is 24.9 Å². The lowest BCUT2D eigenvalue weighted by Crippen LogP contribution is -2.39. The van der Waals surface area contributed by atoms with E-state index in [-0.39, 0.29) is 5.91 Å². The van der Waals surface area contributed by atoms with E-state index in [2.05, 4.69) is 15.3 Å². The second-order valence-electron chi connectivity index (χ2n) is 5.19. The molecule has 1 N–H and O–H groups in total. The molecule has 0 saturated carbocycles. The maximum atomic E-state index is 12.5. The smallest absolute Gasteiger partial charge is 0.257 e. The Morgan fingerprint density at radius 1 is 1.55 bits per heavy atom. The van der Waals surface area contributed by atoms with Gasteiger partial charge in [0.25, 0.3) is 5.91 Å². The number of carbonyl (C=O) groups is 1. The summed E-state index contributed by atoms with van der Waals surface area (Å²) in [6.45, 7) is 4.36. The molecule has 0 bridgehead atoms. The maximum absolute atomic E-state index is 12.5. The fourth-order valence-corrected chi connectivity index (χ4v) is 2.74. The van der Waals surface area contributed by atoms with E-state index in [4.69, 9.17) is 0 Å². The van der Waals surface area contributed by atoms with E-state index >= 15 is 0 Å². The molecule has 1 aliphatic heterocycles. The summed E-state index contributed by atoms with van der Waals surface area (Å²) in [7, 11) is 0. The van der Waals surface area contributed by atoms with Gasteiger partial charge >= 0.3 is 0 Å². The van der Waals surface area contributed by atoms with Crippen molar-refractivity contribution in [3.05, 3.63) is 35.9 Å². The van der Waals surface area contributed by atoms with Crippen molar-refractivity contribution in [2.24, 2.45) is 0 Å². The molecule has 0 aliphatic carbocycles. The van der Waals surface area contributed by atoms with Gasteiger partial charge in [-0.05, 0) is 25.8 Å². The minimum Gasteiger partial charge on any atom is -0.338 e. The van der Waals surface area contributed by atoms with Gasteiger partial charge in [0, 0.05) is 43.6 Å². The zero-order valence-corrected chi connectivity index (χ0v) is 11.6. The van der Waals surface area contributed by atoms with Crippen LogP contribution in [0.25, 0.3) is 0 Å². The maximum Gasteiger partial charge on any atom is 0.257 e. The molecule has 20 heavy (non-hydrogen) atoms. The molecule has 1 amide bonds. The third-order valence-electron chi connectivity index (χ3n) is 3.87. The number of aromatic amines is 1. The lowest BCUT2D eigenvalue weighted by Gasteiger charge is -2.32. The number of carbonyl (C=O) groups excluding carboxylic acids is 1. The largest absolute Gasteiger partial charge is 0.338 e. The molecule has 2 aromatic rings. The van der Waals surface area contributed by atoms with Crippen molar-refractivity contribution >= 4 is 5.91 Å².